The second-order valence-corrected chi connectivity index (χ2v) is 5.76. The predicted molar refractivity (Wildman–Crippen MR) is 96.3 cm³/mol. The molecule has 2 amide bonds. The Morgan fingerprint density at radius 2 is 1.65 bits per heavy atom. The van der Waals surface area contributed by atoms with Gasteiger partial charge in [0.15, 0.2) is 0 Å². The lowest BCUT2D eigenvalue weighted by atomic mass is 10.2. The number of nitrogens with zero attached hydrogens (tertiary/aromatic N) is 4. The highest BCUT2D eigenvalue weighted by Crippen LogP contribution is 2.13. The zero-order valence-electron chi connectivity index (χ0n) is 14.6. The molecular formula is C18H21N5O3. The Labute approximate surface area is 151 Å². The van der Waals surface area contributed by atoms with Crippen molar-refractivity contribution in [1.29, 1.82) is 0 Å². The van der Waals surface area contributed by atoms with Crippen molar-refractivity contribution in [1.82, 2.24) is 19.8 Å². The van der Waals surface area contributed by atoms with Crippen molar-refractivity contribution in [3.8, 4) is 0 Å². The van der Waals surface area contributed by atoms with Gasteiger partial charge in [0, 0.05) is 44.3 Å². The Hall–Kier alpha value is -3.16. The fraction of sp³-hybridized carbons (Fsp3) is 0.333. The van der Waals surface area contributed by atoms with E-state index in [1.807, 2.05) is 30.3 Å². The Bertz CT molecular complexity index is 743. The molecule has 1 aromatic carbocycles. The molecule has 2 aromatic rings. The van der Waals surface area contributed by atoms with E-state index in [9.17, 15) is 9.59 Å². The van der Waals surface area contributed by atoms with Gasteiger partial charge in [-0.3, -0.25) is 4.79 Å². The van der Waals surface area contributed by atoms with Crippen LogP contribution in [0.25, 0.3) is 0 Å². The standard InChI is InChI=1S/C18H21N5O3/c1-2-26-18(25)23-10-8-22(9-11-23)16(24)14-12-19-17(20-13-14)21-15-6-4-3-5-7-15/h3-7,12-13H,2,8-11H2,1H3,(H,19,20,21). The lowest BCUT2D eigenvalue weighted by Gasteiger charge is -2.33. The highest BCUT2D eigenvalue weighted by molar-refractivity contribution is 5.93. The van der Waals surface area contributed by atoms with E-state index in [1.54, 1.807) is 16.7 Å². The Morgan fingerprint density at radius 3 is 2.27 bits per heavy atom. The smallest absolute Gasteiger partial charge is 0.409 e. The molecule has 0 unspecified atom stereocenters. The summed E-state index contributed by atoms with van der Waals surface area (Å²) in [6, 6.07) is 9.57. The van der Waals surface area contributed by atoms with Gasteiger partial charge in [0.05, 0.1) is 12.2 Å². The molecule has 1 aromatic heterocycles. The number of hydrogen-bond acceptors (Lipinski definition) is 6. The number of carbonyl (C=O) groups excluding carboxylic acids is 2. The average Bonchev–Trinajstić information content (AvgIpc) is 2.69. The predicted octanol–water partition coefficient (Wildman–Crippen LogP) is 2.13. The van der Waals surface area contributed by atoms with E-state index < -0.39 is 0 Å². The third kappa shape index (κ3) is 4.27. The number of piperazine rings is 1. The molecule has 1 aliphatic heterocycles. The number of rotatable bonds is 4. The number of para-hydroxylation sites is 1. The SMILES string of the molecule is CCOC(=O)N1CCN(C(=O)c2cnc(Nc3ccccc3)nc2)CC1. The van der Waals surface area contributed by atoms with E-state index in [0.29, 0.717) is 44.3 Å². The summed E-state index contributed by atoms with van der Waals surface area (Å²) in [5.74, 6) is 0.291. The molecule has 136 valence electrons. The quantitative estimate of drug-likeness (QED) is 0.904. The first-order valence-corrected chi connectivity index (χ1v) is 8.52. The molecule has 8 heteroatoms. The van der Waals surface area contributed by atoms with Gasteiger partial charge in [0.1, 0.15) is 0 Å². The molecule has 0 bridgehead atoms. The maximum absolute atomic E-state index is 12.6. The monoisotopic (exact) mass is 355 g/mol. The first kappa shape index (κ1) is 17.7. The fourth-order valence-electron chi connectivity index (χ4n) is 2.64. The lowest BCUT2D eigenvalue weighted by molar-refractivity contribution is 0.0570. The average molecular weight is 355 g/mol. The van der Waals surface area contributed by atoms with Gasteiger partial charge in [-0.1, -0.05) is 18.2 Å². The van der Waals surface area contributed by atoms with Crippen molar-refractivity contribution in [2.24, 2.45) is 0 Å². The van der Waals surface area contributed by atoms with Gasteiger partial charge in [0.25, 0.3) is 5.91 Å². The highest BCUT2D eigenvalue weighted by Gasteiger charge is 2.25. The van der Waals surface area contributed by atoms with E-state index in [2.05, 4.69) is 15.3 Å². The molecule has 3 rings (SSSR count). The maximum Gasteiger partial charge on any atom is 0.409 e. The number of ether oxygens (including phenoxy) is 1. The fourth-order valence-corrected chi connectivity index (χ4v) is 2.64. The van der Waals surface area contributed by atoms with Gasteiger partial charge in [-0.2, -0.15) is 0 Å². The van der Waals surface area contributed by atoms with Crippen LogP contribution in [-0.2, 0) is 4.74 Å². The zero-order valence-corrected chi connectivity index (χ0v) is 14.6. The lowest BCUT2D eigenvalue weighted by Crippen LogP contribution is -2.50. The normalized spacial score (nSPS) is 14.0. The summed E-state index contributed by atoms with van der Waals surface area (Å²) in [6.07, 6.45) is 2.69. The van der Waals surface area contributed by atoms with Gasteiger partial charge >= 0.3 is 6.09 Å². The van der Waals surface area contributed by atoms with Crippen LogP contribution in [0, 0.1) is 0 Å². The number of benzene rings is 1. The van der Waals surface area contributed by atoms with Crippen LogP contribution in [0.2, 0.25) is 0 Å². The number of anilines is 2. The van der Waals surface area contributed by atoms with E-state index in [0.717, 1.165) is 5.69 Å². The number of amides is 2. The molecular weight excluding hydrogens is 334 g/mol. The van der Waals surface area contributed by atoms with Gasteiger partial charge < -0.3 is 19.9 Å². The molecule has 8 nitrogen and oxygen atoms in total. The van der Waals surface area contributed by atoms with Crippen molar-refractivity contribution in [3.63, 3.8) is 0 Å². The summed E-state index contributed by atoms with van der Waals surface area (Å²) >= 11 is 0. The summed E-state index contributed by atoms with van der Waals surface area (Å²) < 4.78 is 4.98. The van der Waals surface area contributed by atoms with E-state index in [1.165, 1.54) is 12.4 Å². The van der Waals surface area contributed by atoms with Crippen molar-refractivity contribution < 1.29 is 14.3 Å². The summed E-state index contributed by atoms with van der Waals surface area (Å²) in [7, 11) is 0. The Kier molecular flexibility index (Phi) is 5.62. The topological polar surface area (TPSA) is 87.7 Å². The van der Waals surface area contributed by atoms with E-state index >= 15 is 0 Å². The van der Waals surface area contributed by atoms with Crippen LogP contribution in [0.1, 0.15) is 17.3 Å². The van der Waals surface area contributed by atoms with Crippen LogP contribution in [0.3, 0.4) is 0 Å². The minimum absolute atomic E-state index is 0.139. The number of nitrogens with one attached hydrogen (secondary N) is 1. The summed E-state index contributed by atoms with van der Waals surface area (Å²) in [5, 5.41) is 3.07. The van der Waals surface area contributed by atoms with Crippen LogP contribution >= 0.6 is 0 Å². The first-order chi connectivity index (χ1) is 12.7. The Balaban J connectivity index is 1.56. The molecule has 0 spiro atoms. The second-order valence-electron chi connectivity index (χ2n) is 5.76. The molecule has 1 fully saturated rings. The van der Waals surface area contributed by atoms with E-state index in [-0.39, 0.29) is 12.0 Å². The molecule has 1 aliphatic rings. The van der Waals surface area contributed by atoms with Crippen molar-refractivity contribution in [3.05, 3.63) is 48.3 Å². The molecule has 1 N–H and O–H groups in total. The number of carbonyl (C=O) groups is 2. The molecule has 0 atom stereocenters. The summed E-state index contributed by atoms with van der Waals surface area (Å²) in [4.78, 5) is 36.0. The molecule has 0 saturated carbocycles. The molecule has 1 saturated heterocycles. The van der Waals surface area contributed by atoms with Gasteiger partial charge in [0.2, 0.25) is 5.95 Å². The minimum atomic E-state index is -0.334. The third-order valence-electron chi connectivity index (χ3n) is 4.02. The minimum Gasteiger partial charge on any atom is -0.450 e. The van der Waals surface area contributed by atoms with Crippen LogP contribution in [0.15, 0.2) is 42.7 Å². The van der Waals surface area contributed by atoms with Crippen molar-refractivity contribution in [2.75, 3.05) is 38.1 Å². The molecule has 2 heterocycles. The van der Waals surface area contributed by atoms with Crippen molar-refractivity contribution >= 4 is 23.6 Å². The van der Waals surface area contributed by atoms with E-state index in [4.69, 9.17) is 4.74 Å². The summed E-state index contributed by atoms with van der Waals surface area (Å²) in [6.45, 7) is 3.95. The zero-order chi connectivity index (χ0) is 18.4. The van der Waals surface area contributed by atoms with Crippen LogP contribution in [0.4, 0.5) is 16.4 Å². The summed E-state index contributed by atoms with van der Waals surface area (Å²) in [5.41, 5.74) is 1.30. The van der Waals surface area contributed by atoms with Gasteiger partial charge in [-0.25, -0.2) is 14.8 Å². The largest absolute Gasteiger partial charge is 0.450 e. The third-order valence-corrected chi connectivity index (χ3v) is 4.02. The maximum atomic E-state index is 12.6. The number of aromatic nitrogens is 2. The van der Waals surface area contributed by atoms with Gasteiger partial charge in [-0.15, -0.1) is 0 Å². The molecule has 0 aliphatic carbocycles. The second kappa shape index (κ2) is 8.28. The van der Waals surface area contributed by atoms with Gasteiger partial charge in [-0.05, 0) is 19.1 Å². The highest BCUT2D eigenvalue weighted by atomic mass is 16.6. The van der Waals surface area contributed by atoms with Crippen LogP contribution < -0.4 is 5.32 Å². The molecule has 26 heavy (non-hydrogen) atoms. The van der Waals surface area contributed by atoms with Crippen LogP contribution in [0.5, 0.6) is 0 Å². The first-order valence-electron chi connectivity index (χ1n) is 8.52. The molecule has 0 radical (unpaired) electrons. The Morgan fingerprint density at radius 1 is 1.04 bits per heavy atom. The van der Waals surface area contributed by atoms with Crippen LogP contribution in [-0.4, -0.2) is 64.6 Å². The van der Waals surface area contributed by atoms with Crippen molar-refractivity contribution in [2.45, 2.75) is 6.92 Å². The number of hydrogen-bond donors (Lipinski definition) is 1.